The number of halogens is 3. The Morgan fingerprint density at radius 2 is 2.00 bits per heavy atom. The van der Waals surface area contributed by atoms with Crippen LogP contribution in [0.5, 0.6) is 5.75 Å². The molecule has 10 nitrogen and oxygen atoms in total. The molecule has 0 radical (unpaired) electrons. The molecule has 0 saturated heterocycles. The van der Waals surface area contributed by atoms with E-state index in [1.165, 1.54) is 16.8 Å². The van der Waals surface area contributed by atoms with Crippen LogP contribution in [0.1, 0.15) is 59.9 Å². The summed E-state index contributed by atoms with van der Waals surface area (Å²) in [4.78, 5) is 32.3. The molecule has 1 aliphatic heterocycles. The summed E-state index contributed by atoms with van der Waals surface area (Å²) in [5, 5.41) is 16.4. The molecule has 1 aromatic carbocycles. The van der Waals surface area contributed by atoms with Crippen LogP contribution in [0.15, 0.2) is 24.4 Å². The first kappa shape index (κ1) is 26.7. The van der Waals surface area contributed by atoms with Crippen molar-refractivity contribution >= 4 is 23.3 Å². The number of amides is 2. The summed E-state index contributed by atoms with van der Waals surface area (Å²) >= 11 is 0. The van der Waals surface area contributed by atoms with Gasteiger partial charge in [-0.15, -0.1) is 18.3 Å². The zero-order chi connectivity index (χ0) is 28.2. The van der Waals surface area contributed by atoms with Crippen molar-refractivity contribution in [3.8, 4) is 17.0 Å². The molecule has 208 valence electrons. The number of hydrogen-bond donors (Lipinski definition) is 3. The molecule has 2 atom stereocenters. The standard InChI is InChI=1S/C26H29F3N6O4/c1-12(2)18(11-36)32-24(37)21-22(30)33-35-7-6-17(31-23(21)35)15-8-16-10-34(13(3)14-4-5-14)25(38)20(16)19(9-15)39-26(27,28)29/h6-9,12-14,18,36H,4-5,10-11H2,1-3H3,(H2,30,33)(H,32,37)/t13-,18?/m0/s1. The molecular weight excluding hydrogens is 517 g/mol. The number of nitrogens with one attached hydrogen (secondary N) is 1. The third-order valence-corrected chi connectivity index (χ3v) is 7.37. The van der Waals surface area contributed by atoms with E-state index >= 15 is 0 Å². The molecule has 1 saturated carbocycles. The summed E-state index contributed by atoms with van der Waals surface area (Å²) in [5.41, 5.74) is 6.86. The van der Waals surface area contributed by atoms with Crippen molar-refractivity contribution in [2.45, 2.75) is 58.6 Å². The number of benzene rings is 1. The first-order valence-corrected chi connectivity index (χ1v) is 12.7. The normalized spacial score (nSPS) is 17.0. The number of carbonyl (C=O) groups is 2. The molecule has 1 aliphatic carbocycles. The van der Waals surface area contributed by atoms with E-state index in [4.69, 9.17) is 5.73 Å². The van der Waals surface area contributed by atoms with Crippen molar-refractivity contribution in [1.29, 1.82) is 0 Å². The number of anilines is 1. The maximum absolute atomic E-state index is 13.4. The predicted molar refractivity (Wildman–Crippen MR) is 135 cm³/mol. The summed E-state index contributed by atoms with van der Waals surface area (Å²) in [7, 11) is 0. The van der Waals surface area contributed by atoms with Crippen LogP contribution >= 0.6 is 0 Å². The minimum Gasteiger partial charge on any atom is -0.405 e. The van der Waals surface area contributed by atoms with Crippen LogP contribution < -0.4 is 15.8 Å². The van der Waals surface area contributed by atoms with E-state index in [0.717, 1.165) is 18.9 Å². The highest BCUT2D eigenvalue weighted by Gasteiger charge is 2.42. The lowest BCUT2D eigenvalue weighted by molar-refractivity contribution is -0.274. The highest BCUT2D eigenvalue weighted by Crippen LogP contribution is 2.42. The van der Waals surface area contributed by atoms with Crippen molar-refractivity contribution in [1.82, 2.24) is 24.8 Å². The van der Waals surface area contributed by atoms with E-state index in [-0.39, 0.29) is 59.0 Å². The second kappa shape index (κ2) is 9.70. The number of carbonyl (C=O) groups excluding carboxylic acids is 2. The average molecular weight is 547 g/mol. The molecule has 1 unspecified atom stereocenters. The number of nitrogens with two attached hydrogens (primary N) is 1. The number of aliphatic hydroxyl groups excluding tert-OH is 1. The van der Waals surface area contributed by atoms with E-state index in [2.05, 4.69) is 20.1 Å². The molecule has 39 heavy (non-hydrogen) atoms. The van der Waals surface area contributed by atoms with E-state index in [1.54, 1.807) is 11.0 Å². The SMILES string of the molecule is CC(C)C(CO)NC(=O)c1c(N)nn2ccc(-c3cc4c(c(OC(F)(F)F)c3)C(=O)N([C@@H](C)C3CC3)C4)nc12. The molecule has 13 heteroatoms. The summed E-state index contributed by atoms with van der Waals surface area (Å²) < 4.78 is 45.7. The zero-order valence-electron chi connectivity index (χ0n) is 21.6. The van der Waals surface area contributed by atoms with Gasteiger partial charge in [-0.05, 0) is 55.4 Å². The van der Waals surface area contributed by atoms with E-state index in [0.29, 0.717) is 11.5 Å². The molecule has 4 N–H and O–H groups in total. The van der Waals surface area contributed by atoms with Gasteiger partial charge in [-0.1, -0.05) is 13.8 Å². The third-order valence-electron chi connectivity index (χ3n) is 7.37. The van der Waals surface area contributed by atoms with Gasteiger partial charge in [0.1, 0.15) is 11.3 Å². The lowest BCUT2D eigenvalue weighted by Crippen LogP contribution is -2.41. The van der Waals surface area contributed by atoms with Gasteiger partial charge in [-0.3, -0.25) is 9.59 Å². The lowest BCUT2D eigenvalue weighted by Gasteiger charge is -2.24. The van der Waals surface area contributed by atoms with Gasteiger partial charge in [0, 0.05) is 24.3 Å². The van der Waals surface area contributed by atoms with Crippen molar-refractivity contribution in [3.05, 3.63) is 41.1 Å². The Bertz CT molecular complexity index is 1450. The number of aromatic nitrogens is 3. The molecule has 0 spiro atoms. The fourth-order valence-corrected chi connectivity index (χ4v) is 4.94. The fourth-order valence-electron chi connectivity index (χ4n) is 4.94. The number of alkyl halides is 3. The largest absolute Gasteiger partial charge is 0.573 e. The third kappa shape index (κ3) is 5.10. The van der Waals surface area contributed by atoms with Gasteiger partial charge in [-0.2, -0.15) is 0 Å². The highest BCUT2D eigenvalue weighted by molar-refractivity contribution is 6.05. The summed E-state index contributed by atoms with van der Waals surface area (Å²) in [5.74, 6) is -1.51. The molecule has 1 fully saturated rings. The molecule has 5 rings (SSSR count). The van der Waals surface area contributed by atoms with Crippen LogP contribution in [0.4, 0.5) is 19.0 Å². The Morgan fingerprint density at radius 3 is 2.62 bits per heavy atom. The van der Waals surface area contributed by atoms with Crippen LogP contribution in [0, 0.1) is 11.8 Å². The molecule has 2 amide bonds. The number of nitrogen functional groups attached to an aromatic ring is 1. The summed E-state index contributed by atoms with van der Waals surface area (Å²) in [6.07, 6.45) is -1.57. The minimum absolute atomic E-state index is 0.0245. The van der Waals surface area contributed by atoms with Crippen LogP contribution in [0.25, 0.3) is 16.9 Å². The van der Waals surface area contributed by atoms with Crippen molar-refractivity contribution in [3.63, 3.8) is 0 Å². The first-order chi connectivity index (χ1) is 18.4. The second-order valence-corrected chi connectivity index (χ2v) is 10.4. The minimum atomic E-state index is -5.01. The number of rotatable bonds is 8. The Kier molecular flexibility index (Phi) is 6.65. The monoisotopic (exact) mass is 546 g/mol. The Hall–Kier alpha value is -3.87. The van der Waals surface area contributed by atoms with Crippen molar-refractivity contribution in [2.75, 3.05) is 12.3 Å². The molecule has 2 aliphatic rings. The van der Waals surface area contributed by atoms with Gasteiger partial charge in [0.2, 0.25) is 0 Å². The quantitative estimate of drug-likeness (QED) is 0.394. The van der Waals surface area contributed by atoms with Crippen molar-refractivity contribution < 1.29 is 32.6 Å². The van der Waals surface area contributed by atoms with Gasteiger partial charge in [0.25, 0.3) is 11.8 Å². The highest BCUT2D eigenvalue weighted by atomic mass is 19.4. The van der Waals surface area contributed by atoms with E-state index in [9.17, 15) is 27.9 Å². The molecular formula is C26H29F3N6O4. The Balaban J connectivity index is 1.57. The number of nitrogens with zero attached hydrogens (tertiary/aromatic N) is 4. The predicted octanol–water partition coefficient (Wildman–Crippen LogP) is 3.38. The molecule has 3 heterocycles. The van der Waals surface area contributed by atoms with E-state index in [1.807, 2.05) is 20.8 Å². The van der Waals surface area contributed by atoms with Gasteiger partial charge in [0.15, 0.2) is 11.5 Å². The van der Waals surface area contributed by atoms with Crippen molar-refractivity contribution in [2.24, 2.45) is 11.8 Å². The molecule has 3 aromatic rings. The maximum Gasteiger partial charge on any atom is 0.573 e. The average Bonchev–Trinajstić information content (AvgIpc) is 3.57. The Morgan fingerprint density at radius 1 is 1.28 bits per heavy atom. The number of ether oxygens (including phenoxy) is 1. The zero-order valence-corrected chi connectivity index (χ0v) is 21.6. The van der Waals surface area contributed by atoms with Crippen LogP contribution in [0.2, 0.25) is 0 Å². The van der Waals surface area contributed by atoms with Crippen LogP contribution in [-0.4, -0.2) is 61.5 Å². The van der Waals surface area contributed by atoms with E-state index < -0.39 is 30.0 Å². The van der Waals surface area contributed by atoms with Gasteiger partial charge in [0.05, 0.1) is 23.9 Å². The number of hydrogen-bond acceptors (Lipinski definition) is 7. The fraction of sp³-hybridized carbons (Fsp3) is 0.462. The molecule has 0 bridgehead atoms. The smallest absolute Gasteiger partial charge is 0.405 e. The number of aliphatic hydroxyl groups is 1. The number of fused-ring (bicyclic) bond motifs is 2. The second-order valence-electron chi connectivity index (χ2n) is 10.4. The lowest BCUT2D eigenvalue weighted by atomic mass is 10.0. The molecule has 2 aromatic heterocycles. The maximum atomic E-state index is 13.4. The van der Waals surface area contributed by atoms with Gasteiger partial charge < -0.3 is 25.8 Å². The van der Waals surface area contributed by atoms with Gasteiger partial charge in [-0.25, -0.2) is 9.50 Å². The van der Waals surface area contributed by atoms with Gasteiger partial charge >= 0.3 is 6.36 Å². The Labute approximate surface area is 221 Å². The van der Waals surface area contributed by atoms with Crippen LogP contribution in [-0.2, 0) is 6.54 Å². The first-order valence-electron chi connectivity index (χ1n) is 12.7. The summed E-state index contributed by atoms with van der Waals surface area (Å²) in [6, 6.07) is 3.63. The topological polar surface area (TPSA) is 135 Å². The van der Waals surface area contributed by atoms with Crippen LogP contribution in [0.3, 0.4) is 0 Å². The summed E-state index contributed by atoms with van der Waals surface area (Å²) in [6.45, 7) is 5.44.